The lowest BCUT2D eigenvalue weighted by atomic mass is 9.97. The number of aryl methyl sites for hydroxylation is 2. The Bertz CT molecular complexity index is 850. The number of amides is 2. The van der Waals surface area contributed by atoms with E-state index in [1.807, 2.05) is 37.4 Å². The van der Waals surface area contributed by atoms with Gasteiger partial charge in [0, 0.05) is 25.8 Å². The topological polar surface area (TPSA) is 52.7 Å². The van der Waals surface area contributed by atoms with E-state index in [0.29, 0.717) is 19.6 Å². The number of hydrogen-bond acceptors (Lipinski definition) is 3. The Hall–Kier alpha value is -2.66. The normalized spacial score (nSPS) is 17.0. The number of rotatable bonds is 6. The molecule has 5 heteroatoms. The number of carbonyl (C=O) groups excluding carboxylic acids is 2. The molecule has 0 spiro atoms. The first kappa shape index (κ1) is 21.1. The van der Waals surface area contributed by atoms with Crippen LogP contribution >= 0.6 is 0 Å². The van der Waals surface area contributed by atoms with Crippen molar-refractivity contribution < 1.29 is 9.59 Å². The molecule has 2 aromatic carbocycles. The summed E-state index contributed by atoms with van der Waals surface area (Å²) < 4.78 is 0. The van der Waals surface area contributed by atoms with Crippen LogP contribution in [0, 0.1) is 19.8 Å². The van der Waals surface area contributed by atoms with Crippen molar-refractivity contribution in [2.75, 3.05) is 32.0 Å². The summed E-state index contributed by atoms with van der Waals surface area (Å²) in [6, 6.07) is 15.9. The first-order valence-electron chi connectivity index (χ1n) is 10.3. The predicted molar refractivity (Wildman–Crippen MR) is 117 cm³/mol. The number of carbonyl (C=O) groups is 2. The first-order valence-corrected chi connectivity index (χ1v) is 10.3. The van der Waals surface area contributed by atoms with Gasteiger partial charge in [-0.1, -0.05) is 42.0 Å². The number of likely N-dealkylation sites (N-methyl/N-ethyl adjacent to an activating group) is 1. The van der Waals surface area contributed by atoms with Crippen molar-refractivity contribution >= 4 is 17.5 Å². The van der Waals surface area contributed by atoms with Crippen LogP contribution in [0.3, 0.4) is 0 Å². The van der Waals surface area contributed by atoms with E-state index in [4.69, 9.17) is 0 Å². The highest BCUT2D eigenvalue weighted by atomic mass is 16.2. The fourth-order valence-corrected chi connectivity index (χ4v) is 3.86. The average molecular weight is 394 g/mol. The molecule has 1 aliphatic rings. The molecule has 154 valence electrons. The molecule has 1 unspecified atom stereocenters. The molecule has 0 aromatic heterocycles. The highest BCUT2D eigenvalue weighted by Crippen LogP contribution is 2.19. The summed E-state index contributed by atoms with van der Waals surface area (Å²) in [6.07, 6.45) is 1.79. The monoisotopic (exact) mass is 393 g/mol. The van der Waals surface area contributed by atoms with Gasteiger partial charge in [-0.25, -0.2) is 0 Å². The third-order valence-corrected chi connectivity index (χ3v) is 5.61. The van der Waals surface area contributed by atoms with Crippen molar-refractivity contribution in [2.24, 2.45) is 5.92 Å². The van der Waals surface area contributed by atoms with Crippen molar-refractivity contribution in [1.29, 1.82) is 0 Å². The number of nitrogens with one attached hydrogen (secondary N) is 1. The molecule has 1 atom stereocenters. The van der Waals surface area contributed by atoms with Crippen LogP contribution in [0.1, 0.15) is 29.5 Å². The molecule has 2 amide bonds. The van der Waals surface area contributed by atoms with Crippen molar-refractivity contribution in [3.63, 3.8) is 0 Å². The number of nitrogens with zero attached hydrogens (tertiary/aromatic N) is 2. The summed E-state index contributed by atoms with van der Waals surface area (Å²) in [7, 11) is 1.85. The lowest BCUT2D eigenvalue weighted by molar-refractivity contribution is -0.133. The van der Waals surface area contributed by atoms with Crippen molar-refractivity contribution in [1.82, 2.24) is 9.80 Å². The van der Waals surface area contributed by atoms with Gasteiger partial charge < -0.3 is 10.2 Å². The van der Waals surface area contributed by atoms with Gasteiger partial charge in [-0.3, -0.25) is 14.5 Å². The Balaban J connectivity index is 1.52. The molecule has 1 aliphatic heterocycles. The molecule has 1 fully saturated rings. The minimum Gasteiger partial charge on any atom is -0.340 e. The van der Waals surface area contributed by atoms with Crippen LogP contribution in [0.25, 0.3) is 0 Å². The van der Waals surface area contributed by atoms with Crippen molar-refractivity contribution in [2.45, 2.75) is 33.2 Å². The second kappa shape index (κ2) is 9.70. The SMILES string of the molecule is Cc1ccc(CN(C)C(=O)CN2CCCC(C(=O)Nc3ccccc3)C2)c(C)c1. The van der Waals surface area contributed by atoms with Crippen LogP contribution in [0.4, 0.5) is 5.69 Å². The van der Waals surface area contributed by atoms with E-state index in [1.165, 1.54) is 16.7 Å². The molecule has 0 saturated carbocycles. The molecular formula is C24H31N3O2. The Labute approximate surface area is 173 Å². The molecule has 1 N–H and O–H groups in total. The standard InChI is InChI=1S/C24H31N3O2/c1-18-11-12-20(19(2)14-18)15-26(3)23(28)17-27-13-7-8-21(16-27)24(29)25-22-9-5-4-6-10-22/h4-6,9-12,14,21H,7-8,13,15-17H2,1-3H3,(H,25,29). The van der Waals surface area contributed by atoms with E-state index in [9.17, 15) is 9.59 Å². The highest BCUT2D eigenvalue weighted by molar-refractivity contribution is 5.92. The van der Waals surface area contributed by atoms with Gasteiger partial charge in [0.15, 0.2) is 0 Å². The molecule has 5 nitrogen and oxygen atoms in total. The molecule has 0 bridgehead atoms. The first-order chi connectivity index (χ1) is 13.9. The predicted octanol–water partition coefficient (Wildman–Crippen LogP) is 3.61. The van der Waals surface area contributed by atoms with Gasteiger partial charge in [-0.15, -0.1) is 0 Å². The van der Waals surface area contributed by atoms with Crippen LogP contribution in [0.15, 0.2) is 48.5 Å². The van der Waals surface area contributed by atoms with Gasteiger partial charge in [-0.05, 0) is 56.5 Å². The second-order valence-corrected chi connectivity index (χ2v) is 8.11. The van der Waals surface area contributed by atoms with Crippen LogP contribution in [-0.4, -0.2) is 48.3 Å². The van der Waals surface area contributed by atoms with Gasteiger partial charge in [0.05, 0.1) is 12.5 Å². The van der Waals surface area contributed by atoms with Crippen LogP contribution in [0.5, 0.6) is 0 Å². The Morgan fingerprint density at radius 3 is 2.62 bits per heavy atom. The second-order valence-electron chi connectivity index (χ2n) is 8.11. The fourth-order valence-electron chi connectivity index (χ4n) is 3.86. The lowest BCUT2D eigenvalue weighted by Gasteiger charge is -2.32. The Kier molecular flexibility index (Phi) is 7.04. The summed E-state index contributed by atoms with van der Waals surface area (Å²) in [5.74, 6) is 0.0486. The largest absolute Gasteiger partial charge is 0.340 e. The number of para-hydroxylation sites is 1. The van der Waals surface area contributed by atoms with E-state index in [1.54, 1.807) is 4.90 Å². The molecule has 1 heterocycles. The van der Waals surface area contributed by atoms with Crippen LogP contribution < -0.4 is 5.32 Å². The molecule has 0 radical (unpaired) electrons. The fraction of sp³-hybridized carbons (Fsp3) is 0.417. The molecule has 0 aliphatic carbocycles. The molecular weight excluding hydrogens is 362 g/mol. The highest BCUT2D eigenvalue weighted by Gasteiger charge is 2.27. The molecule has 29 heavy (non-hydrogen) atoms. The Morgan fingerprint density at radius 1 is 1.14 bits per heavy atom. The number of benzene rings is 2. The summed E-state index contributed by atoms with van der Waals surface area (Å²) in [5.41, 5.74) is 4.43. The third-order valence-electron chi connectivity index (χ3n) is 5.61. The van der Waals surface area contributed by atoms with E-state index in [-0.39, 0.29) is 17.7 Å². The zero-order valence-electron chi connectivity index (χ0n) is 17.6. The van der Waals surface area contributed by atoms with E-state index in [2.05, 4.69) is 42.3 Å². The smallest absolute Gasteiger partial charge is 0.236 e. The zero-order valence-corrected chi connectivity index (χ0v) is 17.6. The number of piperidine rings is 1. The van der Waals surface area contributed by atoms with Gasteiger partial charge in [-0.2, -0.15) is 0 Å². The van der Waals surface area contributed by atoms with Crippen LogP contribution in [-0.2, 0) is 16.1 Å². The number of anilines is 1. The van der Waals surface area contributed by atoms with Crippen molar-refractivity contribution in [3.05, 3.63) is 65.2 Å². The number of hydrogen-bond donors (Lipinski definition) is 1. The summed E-state index contributed by atoms with van der Waals surface area (Å²) >= 11 is 0. The molecule has 2 aromatic rings. The molecule has 1 saturated heterocycles. The van der Waals surface area contributed by atoms with E-state index < -0.39 is 0 Å². The minimum absolute atomic E-state index is 0.0389. The number of likely N-dealkylation sites (tertiary alicyclic amines) is 1. The maximum Gasteiger partial charge on any atom is 0.236 e. The van der Waals surface area contributed by atoms with E-state index >= 15 is 0 Å². The maximum atomic E-state index is 12.7. The van der Waals surface area contributed by atoms with Gasteiger partial charge in [0.1, 0.15) is 0 Å². The van der Waals surface area contributed by atoms with Crippen molar-refractivity contribution in [3.8, 4) is 0 Å². The third kappa shape index (κ3) is 5.91. The Morgan fingerprint density at radius 2 is 1.90 bits per heavy atom. The van der Waals surface area contributed by atoms with Gasteiger partial charge in [0.25, 0.3) is 0 Å². The summed E-state index contributed by atoms with van der Waals surface area (Å²) in [6.45, 7) is 6.61. The van der Waals surface area contributed by atoms with Gasteiger partial charge in [0.2, 0.25) is 11.8 Å². The summed E-state index contributed by atoms with van der Waals surface area (Å²) in [5, 5.41) is 2.99. The molecule has 3 rings (SSSR count). The maximum absolute atomic E-state index is 12.7. The lowest BCUT2D eigenvalue weighted by Crippen LogP contribution is -2.45. The summed E-state index contributed by atoms with van der Waals surface area (Å²) in [4.78, 5) is 29.2. The average Bonchev–Trinajstić information content (AvgIpc) is 2.71. The van der Waals surface area contributed by atoms with Crippen LogP contribution in [0.2, 0.25) is 0 Å². The quantitative estimate of drug-likeness (QED) is 0.816. The minimum atomic E-state index is -0.0820. The zero-order chi connectivity index (χ0) is 20.8. The van der Waals surface area contributed by atoms with E-state index in [0.717, 1.165) is 25.1 Å². The van der Waals surface area contributed by atoms with Gasteiger partial charge >= 0.3 is 0 Å².